The standard InChI is InChI=1S/C29H29BrF2N6O/c30-21-5-8-28-24(15-21)23-3-1-2-4-27(23)38(28)14-13-35-9-11-36(12-10-35)17-29(39,18-37-20-33-19-34-37)25-7-6-22(31)16-26(25)32/h1-8,15-16,19-20,39H,9-14,17-18H2. The summed E-state index contributed by atoms with van der Waals surface area (Å²) in [6, 6.07) is 18.2. The van der Waals surface area contributed by atoms with E-state index in [1.807, 2.05) is 0 Å². The molecule has 202 valence electrons. The summed E-state index contributed by atoms with van der Waals surface area (Å²) in [5.74, 6) is -1.45. The Morgan fingerprint density at radius 1 is 0.846 bits per heavy atom. The van der Waals surface area contributed by atoms with Gasteiger partial charge in [-0.15, -0.1) is 0 Å². The molecule has 1 N–H and O–H groups in total. The van der Waals surface area contributed by atoms with E-state index in [1.54, 1.807) is 0 Å². The van der Waals surface area contributed by atoms with Crippen LogP contribution in [0.4, 0.5) is 8.78 Å². The SMILES string of the molecule is OC(CN1CCN(CCn2c3ccccc3c3cc(Br)ccc32)CC1)(Cn1cncn1)c1ccc(F)cc1F. The van der Waals surface area contributed by atoms with Gasteiger partial charge in [0.25, 0.3) is 0 Å². The van der Waals surface area contributed by atoms with Gasteiger partial charge in [-0.3, -0.25) is 9.80 Å². The van der Waals surface area contributed by atoms with Crippen LogP contribution in [0.25, 0.3) is 21.8 Å². The van der Waals surface area contributed by atoms with Gasteiger partial charge in [0.15, 0.2) is 0 Å². The lowest BCUT2D eigenvalue weighted by atomic mass is 9.92. The van der Waals surface area contributed by atoms with Gasteiger partial charge >= 0.3 is 0 Å². The highest BCUT2D eigenvalue weighted by molar-refractivity contribution is 9.10. The maximum absolute atomic E-state index is 14.8. The molecule has 1 saturated heterocycles. The van der Waals surface area contributed by atoms with E-state index in [9.17, 15) is 13.9 Å². The Labute approximate surface area is 233 Å². The van der Waals surface area contributed by atoms with E-state index in [-0.39, 0.29) is 18.7 Å². The molecule has 1 unspecified atom stereocenters. The smallest absolute Gasteiger partial charge is 0.137 e. The number of rotatable bonds is 8. The van der Waals surface area contributed by atoms with Crippen molar-refractivity contribution in [2.45, 2.75) is 18.7 Å². The summed E-state index contributed by atoms with van der Waals surface area (Å²) < 4.78 is 33.3. The van der Waals surface area contributed by atoms with Crippen LogP contribution in [-0.4, -0.2) is 73.5 Å². The van der Waals surface area contributed by atoms with Crippen LogP contribution in [0.15, 0.2) is 77.8 Å². The number of hydrogen-bond acceptors (Lipinski definition) is 5. The molecule has 1 aliphatic heterocycles. The van der Waals surface area contributed by atoms with Crippen LogP contribution in [0.3, 0.4) is 0 Å². The van der Waals surface area contributed by atoms with Crippen molar-refractivity contribution in [3.8, 4) is 0 Å². The molecule has 10 heteroatoms. The quantitative estimate of drug-likeness (QED) is 0.284. The average Bonchev–Trinajstić information content (AvgIpc) is 3.53. The molecule has 5 aromatic rings. The lowest BCUT2D eigenvalue weighted by molar-refractivity contribution is -0.0319. The molecule has 6 rings (SSSR count). The van der Waals surface area contributed by atoms with Gasteiger partial charge in [-0.25, -0.2) is 18.4 Å². The van der Waals surface area contributed by atoms with Crippen molar-refractivity contribution in [3.63, 3.8) is 0 Å². The van der Waals surface area contributed by atoms with Crippen molar-refractivity contribution in [2.24, 2.45) is 0 Å². The molecule has 7 nitrogen and oxygen atoms in total. The van der Waals surface area contributed by atoms with E-state index in [4.69, 9.17) is 0 Å². The number of aromatic nitrogens is 4. The molecule has 0 bridgehead atoms. The Bertz CT molecular complexity index is 1600. The minimum atomic E-state index is -1.59. The zero-order valence-electron chi connectivity index (χ0n) is 21.3. The van der Waals surface area contributed by atoms with Crippen molar-refractivity contribution >= 4 is 37.7 Å². The molecule has 1 fully saturated rings. The number of nitrogens with zero attached hydrogens (tertiary/aromatic N) is 6. The molecule has 0 spiro atoms. The minimum absolute atomic E-state index is 0.0136. The molecule has 3 heterocycles. The maximum Gasteiger partial charge on any atom is 0.137 e. The summed E-state index contributed by atoms with van der Waals surface area (Å²) in [4.78, 5) is 8.49. The van der Waals surface area contributed by atoms with Crippen molar-refractivity contribution < 1.29 is 13.9 Å². The number of para-hydroxylation sites is 1. The molecule has 3 aromatic carbocycles. The molecule has 2 aromatic heterocycles. The number of piperazine rings is 1. The molecular weight excluding hydrogens is 566 g/mol. The topological polar surface area (TPSA) is 62.4 Å². The molecule has 0 radical (unpaired) electrons. The lowest BCUT2D eigenvalue weighted by Crippen LogP contribution is -2.52. The monoisotopic (exact) mass is 594 g/mol. The zero-order valence-corrected chi connectivity index (χ0v) is 22.9. The van der Waals surface area contributed by atoms with Crippen molar-refractivity contribution in [1.82, 2.24) is 29.1 Å². The van der Waals surface area contributed by atoms with Gasteiger partial charge in [0.1, 0.15) is 29.9 Å². The first kappa shape index (κ1) is 26.1. The van der Waals surface area contributed by atoms with Crippen LogP contribution in [0, 0.1) is 11.6 Å². The third-order valence-electron chi connectivity index (χ3n) is 7.65. The maximum atomic E-state index is 14.8. The second-order valence-electron chi connectivity index (χ2n) is 10.2. The van der Waals surface area contributed by atoms with Gasteiger partial charge in [-0.05, 0) is 30.3 Å². The van der Waals surface area contributed by atoms with E-state index in [1.165, 1.54) is 51.3 Å². The Morgan fingerprint density at radius 3 is 2.38 bits per heavy atom. The molecule has 0 aliphatic carbocycles. The number of halogens is 3. The Kier molecular flexibility index (Phi) is 7.20. The lowest BCUT2D eigenvalue weighted by Gasteiger charge is -2.39. The second-order valence-corrected chi connectivity index (χ2v) is 11.1. The summed E-state index contributed by atoms with van der Waals surface area (Å²) in [7, 11) is 0. The van der Waals surface area contributed by atoms with E-state index < -0.39 is 17.2 Å². The molecule has 0 saturated carbocycles. The molecule has 1 aliphatic rings. The summed E-state index contributed by atoms with van der Waals surface area (Å²) in [5, 5.41) is 18.3. The predicted octanol–water partition coefficient (Wildman–Crippen LogP) is 4.63. The Balaban J connectivity index is 1.14. The number of fused-ring (bicyclic) bond motifs is 3. The van der Waals surface area contributed by atoms with Gasteiger partial charge in [-0.1, -0.05) is 40.2 Å². The fourth-order valence-corrected chi connectivity index (χ4v) is 6.08. The number of hydrogen-bond donors (Lipinski definition) is 1. The minimum Gasteiger partial charge on any atom is -0.382 e. The average molecular weight is 595 g/mol. The fourth-order valence-electron chi connectivity index (χ4n) is 5.72. The van der Waals surface area contributed by atoms with Crippen molar-refractivity contribution in [2.75, 3.05) is 39.3 Å². The largest absolute Gasteiger partial charge is 0.382 e. The highest BCUT2D eigenvalue weighted by Crippen LogP contribution is 2.31. The van der Waals surface area contributed by atoms with E-state index in [2.05, 4.69) is 82.8 Å². The molecule has 1 atom stereocenters. The highest BCUT2D eigenvalue weighted by atomic mass is 79.9. The second kappa shape index (κ2) is 10.8. The van der Waals surface area contributed by atoms with Crippen molar-refractivity contribution in [3.05, 3.63) is 95.0 Å². The van der Waals surface area contributed by atoms with Crippen LogP contribution >= 0.6 is 15.9 Å². The molecule has 39 heavy (non-hydrogen) atoms. The van der Waals surface area contributed by atoms with E-state index in [0.717, 1.165) is 49.8 Å². The van der Waals surface area contributed by atoms with Gasteiger partial charge < -0.3 is 9.67 Å². The first-order chi connectivity index (χ1) is 18.9. The fraction of sp³-hybridized carbons (Fsp3) is 0.310. The summed E-state index contributed by atoms with van der Waals surface area (Å²) in [6.45, 7) is 5.08. The Morgan fingerprint density at radius 2 is 1.62 bits per heavy atom. The van der Waals surface area contributed by atoms with Crippen LogP contribution < -0.4 is 0 Å². The molecular formula is C29H29BrF2N6O. The van der Waals surface area contributed by atoms with Crippen molar-refractivity contribution in [1.29, 1.82) is 0 Å². The third kappa shape index (κ3) is 5.34. The normalized spacial score (nSPS) is 16.7. The zero-order chi connectivity index (χ0) is 27.0. The summed E-state index contributed by atoms with van der Waals surface area (Å²) in [6.07, 6.45) is 2.86. The van der Waals surface area contributed by atoms with Crippen LogP contribution in [0.5, 0.6) is 0 Å². The summed E-state index contributed by atoms with van der Waals surface area (Å²) >= 11 is 3.61. The third-order valence-corrected chi connectivity index (χ3v) is 8.14. The van der Waals surface area contributed by atoms with Crippen LogP contribution in [-0.2, 0) is 18.7 Å². The first-order valence-corrected chi connectivity index (χ1v) is 13.8. The van der Waals surface area contributed by atoms with Crippen LogP contribution in [0.1, 0.15) is 5.56 Å². The summed E-state index contributed by atoms with van der Waals surface area (Å²) in [5.41, 5.74) is 0.909. The van der Waals surface area contributed by atoms with Gasteiger partial charge in [0.2, 0.25) is 0 Å². The van der Waals surface area contributed by atoms with Crippen LogP contribution in [0.2, 0.25) is 0 Å². The predicted molar refractivity (Wildman–Crippen MR) is 150 cm³/mol. The van der Waals surface area contributed by atoms with Gasteiger partial charge in [0.05, 0.1) is 6.54 Å². The number of benzene rings is 3. The molecule has 0 amide bonds. The number of aliphatic hydroxyl groups is 1. The van der Waals surface area contributed by atoms with Gasteiger partial charge in [-0.2, -0.15) is 5.10 Å². The van der Waals surface area contributed by atoms with E-state index in [0.29, 0.717) is 0 Å². The Hall–Kier alpha value is -3.18. The number of β-amino-alcohol motifs (C(OH)–C–C–N with tert-alkyl or cyclic N) is 1. The highest BCUT2D eigenvalue weighted by Gasteiger charge is 2.36. The van der Waals surface area contributed by atoms with E-state index >= 15 is 0 Å². The first-order valence-electron chi connectivity index (χ1n) is 13.0. The van der Waals surface area contributed by atoms with Gasteiger partial charge in [0, 0.05) is 83.7 Å².